The zero-order valence-corrected chi connectivity index (χ0v) is 65.0. The van der Waals surface area contributed by atoms with Crippen molar-refractivity contribution in [1.82, 2.24) is 71.1 Å². The van der Waals surface area contributed by atoms with Crippen molar-refractivity contribution >= 4 is 70.9 Å². The third kappa shape index (κ3) is 26.8. The third-order valence-corrected chi connectivity index (χ3v) is 21.0. The minimum atomic E-state index is -1.22. The quantitative estimate of drug-likeness (QED) is 0.0458. The van der Waals surface area contributed by atoms with Crippen LogP contribution in [0.1, 0.15) is 118 Å². The van der Waals surface area contributed by atoms with E-state index < -0.39 is 127 Å². The van der Waals surface area contributed by atoms with E-state index in [-0.39, 0.29) is 73.6 Å². The van der Waals surface area contributed by atoms with Gasteiger partial charge in [0, 0.05) is 145 Å². The van der Waals surface area contributed by atoms with Crippen molar-refractivity contribution in [2.24, 2.45) is 23.7 Å². The first-order valence-corrected chi connectivity index (χ1v) is 38.0. The Morgan fingerprint density at radius 2 is 1.21 bits per heavy atom. The van der Waals surface area contributed by atoms with Gasteiger partial charge in [-0.05, 0) is 55.1 Å². The number of likely N-dealkylation sites (tertiary alicyclic amines) is 1. The average Bonchev–Trinajstić information content (AvgIpc) is 1.79. The number of nitrogens with one attached hydrogen (secondary N) is 6. The molecule has 107 heavy (non-hydrogen) atoms. The Hall–Kier alpha value is -8.26. The molecule has 30 nitrogen and oxygen atoms in total. The average molecular weight is 1500 g/mol. The van der Waals surface area contributed by atoms with E-state index in [9.17, 15) is 62.6 Å². The van der Waals surface area contributed by atoms with Crippen LogP contribution in [0.4, 0.5) is 0 Å². The van der Waals surface area contributed by atoms with Gasteiger partial charge in [-0.3, -0.25) is 72.2 Å². The zero-order valence-electron chi connectivity index (χ0n) is 65.0. The molecule has 5 aliphatic heterocycles. The van der Waals surface area contributed by atoms with Gasteiger partial charge in [0.2, 0.25) is 59.1 Å². The molecule has 4 saturated heterocycles. The number of carbonyl (C=O) groups excluding carboxylic acids is 12. The Morgan fingerprint density at radius 1 is 0.617 bits per heavy atom. The summed E-state index contributed by atoms with van der Waals surface area (Å²) in [6.07, 6.45) is 2.49. The minimum absolute atomic E-state index is 0.00944. The van der Waals surface area contributed by atoms with E-state index in [2.05, 4.69) is 46.6 Å². The number of carbonyl (C=O) groups is 12. The Morgan fingerprint density at radius 3 is 1.80 bits per heavy atom. The largest absolute Gasteiger partial charge is 0.386 e. The first-order chi connectivity index (χ1) is 51.1. The van der Waals surface area contributed by atoms with Gasteiger partial charge in [-0.15, -0.1) is 0 Å². The number of ether oxygens (including phenoxy) is 3. The number of benzene rings is 2. The van der Waals surface area contributed by atoms with E-state index in [1.165, 1.54) is 43.2 Å². The molecule has 13 atom stereocenters. The lowest BCUT2D eigenvalue weighted by atomic mass is 9.89. The van der Waals surface area contributed by atoms with Crippen LogP contribution in [0.25, 0.3) is 0 Å². The second-order valence-corrected chi connectivity index (χ2v) is 29.3. The third-order valence-electron chi connectivity index (χ3n) is 21.0. The summed E-state index contributed by atoms with van der Waals surface area (Å²) in [5.74, 6) is -7.35. The lowest BCUT2D eigenvalue weighted by Gasteiger charge is -2.41. The van der Waals surface area contributed by atoms with E-state index in [0.717, 1.165) is 4.90 Å². The number of aliphatic hydroxyl groups is 1. The van der Waals surface area contributed by atoms with Crippen molar-refractivity contribution in [3.8, 4) is 0 Å². The molecule has 2 aromatic rings. The lowest BCUT2D eigenvalue weighted by Crippen LogP contribution is -2.61. The van der Waals surface area contributed by atoms with Crippen LogP contribution >= 0.6 is 0 Å². The molecule has 5 aliphatic rings. The summed E-state index contributed by atoms with van der Waals surface area (Å²) in [5.41, 5.74) is 1.34. The number of rotatable bonds is 37. The monoisotopic (exact) mass is 1500 g/mol. The fourth-order valence-electron chi connectivity index (χ4n) is 14.4. The van der Waals surface area contributed by atoms with Gasteiger partial charge >= 0.3 is 0 Å². The van der Waals surface area contributed by atoms with Gasteiger partial charge in [-0.2, -0.15) is 0 Å². The van der Waals surface area contributed by atoms with Crippen LogP contribution in [0.2, 0.25) is 0 Å². The van der Waals surface area contributed by atoms with Gasteiger partial charge in [0.05, 0.1) is 81.6 Å². The van der Waals surface area contributed by atoms with E-state index >= 15 is 0 Å². The molecule has 0 saturated carbocycles. The summed E-state index contributed by atoms with van der Waals surface area (Å²) in [6, 6.07) is 12.8. The molecule has 2 aromatic carbocycles. The van der Waals surface area contributed by atoms with Crippen LogP contribution in [-0.2, 0) is 78.2 Å². The summed E-state index contributed by atoms with van der Waals surface area (Å²) in [5, 5.41) is 27.3. The standard InChI is InChI=1S/C77H120N14O16/c1-13-53(6)71(60(105-11)47-67(98)90-31-20-26-59(90)73(106-12)54(7)74(101)81-55(8)72(100)57-24-18-15-19-25-57)85(10)77(104)69(51(2)3)83-76(103)70(52(4)5)84(9)68(99)50-80-75(102)58(46-56-22-16-14-17-23-56)82-63(94)49-79-62(93)48-78-61(92)30-33-86-34-36-87-38-40-89(41-39-88(37-35-86)43-45-107-44-42-87)64(95)27-21-32-91-65(96)28-29-66(91)97/h14-19,22-25,28-29,51-55,58-60,69-73,100H,13,20-21,26-27,30-50H2,1-12H3,(H,78,92)(H,79,93)(H,80,102)(H,81,101)(H,82,94)(H,83,103)/t53-,54+,55+,58-,59+,60+,69-,70-,71-,72+,73+/m0/s1. The SMILES string of the molecule is CC[C@H](C)[C@@H]([C@@H](CC(=O)N1CCC[C@@H]1[C@H](OC)[C@@H](C)C(=O)N[C@H](C)[C@@H](O)c1ccccc1)OC)N(C)C(=O)[C@@H](NC(=O)[C@H](C(C)C)N(C)C(=O)CNC(=O)[C@H](Cc1ccccc1)NC(=O)CNC(=O)CNC(=O)CCN1CCN2CCOCCN(CC1)CCN(C(=O)CCCN1C(=O)C=CC1=O)CC2)C(C)C. The van der Waals surface area contributed by atoms with Crippen molar-refractivity contribution in [3.63, 3.8) is 0 Å². The maximum atomic E-state index is 14.9. The maximum absolute atomic E-state index is 14.9. The number of hydrogen-bond acceptors (Lipinski definition) is 19. The molecule has 0 aliphatic carbocycles. The topological polar surface area (TPSA) is 351 Å². The lowest BCUT2D eigenvalue weighted by molar-refractivity contribution is -0.148. The van der Waals surface area contributed by atoms with Crippen molar-refractivity contribution in [3.05, 3.63) is 83.9 Å². The molecule has 0 spiro atoms. The fourth-order valence-corrected chi connectivity index (χ4v) is 14.4. The van der Waals surface area contributed by atoms with Crippen LogP contribution < -0.4 is 31.9 Å². The molecular formula is C77H120N14O16. The molecular weight excluding hydrogens is 1380 g/mol. The number of likely N-dealkylation sites (N-methyl/N-ethyl adjacent to an activating group) is 2. The number of hydrogen-bond donors (Lipinski definition) is 7. The number of nitrogens with zero attached hydrogens (tertiary/aromatic N) is 8. The van der Waals surface area contributed by atoms with Crippen molar-refractivity contribution in [1.29, 1.82) is 0 Å². The highest BCUT2D eigenvalue weighted by molar-refractivity contribution is 6.12. The first kappa shape index (κ1) is 87.6. The highest BCUT2D eigenvalue weighted by atomic mass is 16.5. The highest BCUT2D eigenvalue weighted by Crippen LogP contribution is 2.31. The number of methoxy groups -OCH3 is 2. The Kier molecular flexibility index (Phi) is 36.3. The summed E-state index contributed by atoms with van der Waals surface area (Å²) in [7, 11) is 6.06. The van der Waals surface area contributed by atoms with Crippen LogP contribution in [-0.4, -0.2) is 310 Å². The van der Waals surface area contributed by atoms with Crippen LogP contribution in [0, 0.1) is 23.7 Å². The highest BCUT2D eigenvalue weighted by Gasteiger charge is 2.44. The predicted octanol–water partition coefficient (Wildman–Crippen LogP) is 0.719. The molecule has 7 rings (SSSR count). The Labute approximate surface area is 631 Å². The Balaban J connectivity index is 0.986. The second kappa shape index (κ2) is 44.3. The van der Waals surface area contributed by atoms with Gasteiger partial charge in [0.15, 0.2) is 0 Å². The fraction of sp³-hybridized carbons (Fsp3) is 0.662. The number of aliphatic hydroxyl groups excluding tert-OH is 1. The Bertz CT molecular complexity index is 3250. The molecule has 5 heterocycles. The van der Waals surface area contributed by atoms with Crippen molar-refractivity contribution in [2.75, 3.05) is 146 Å². The molecule has 594 valence electrons. The van der Waals surface area contributed by atoms with E-state index in [0.29, 0.717) is 129 Å². The van der Waals surface area contributed by atoms with Crippen LogP contribution in [0.5, 0.6) is 0 Å². The molecule has 7 N–H and O–H groups in total. The van der Waals surface area contributed by atoms with Gasteiger partial charge in [-0.1, -0.05) is 116 Å². The van der Waals surface area contributed by atoms with Gasteiger partial charge in [0.1, 0.15) is 18.1 Å². The predicted molar refractivity (Wildman–Crippen MR) is 401 cm³/mol. The summed E-state index contributed by atoms with van der Waals surface area (Å²) >= 11 is 0. The smallest absolute Gasteiger partial charge is 0.253 e. The van der Waals surface area contributed by atoms with E-state index in [1.54, 1.807) is 96.0 Å². The van der Waals surface area contributed by atoms with E-state index in [1.807, 2.05) is 36.9 Å². The molecule has 2 unspecified atom stereocenters. The molecule has 0 radical (unpaired) electrons. The number of fused-ring (bicyclic) bond motifs is 12. The van der Waals surface area contributed by atoms with Crippen molar-refractivity contribution in [2.45, 2.75) is 161 Å². The zero-order chi connectivity index (χ0) is 78.4. The minimum Gasteiger partial charge on any atom is -0.386 e. The van der Waals surface area contributed by atoms with Gasteiger partial charge < -0.3 is 75.7 Å². The maximum Gasteiger partial charge on any atom is 0.253 e. The number of amides is 12. The van der Waals surface area contributed by atoms with Crippen LogP contribution in [0.15, 0.2) is 72.8 Å². The van der Waals surface area contributed by atoms with Gasteiger partial charge in [-0.25, -0.2) is 0 Å². The summed E-state index contributed by atoms with van der Waals surface area (Å²) < 4.78 is 18.0. The number of imide groups is 1. The summed E-state index contributed by atoms with van der Waals surface area (Å²) in [6.45, 7) is 21.0. The molecule has 2 bridgehead atoms. The second-order valence-electron chi connectivity index (χ2n) is 29.3. The van der Waals surface area contributed by atoms with Gasteiger partial charge in [0.25, 0.3) is 11.8 Å². The van der Waals surface area contributed by atoms with Crippen LogP contribution in [0.3, 0.4) is 0 Å². The van der Waals surface area contributed by atoms with Crippen molar-refractivity contribution < 1.29 is 76.9 Å². The molecule has 30 heteroatoms. The molecule has 4 fully saturated rings. The molecule has 0 aromatic heterocycles. The summed E-state index contributed by atoms with van der Waals surface area (Å²) in [4.78, 5) is 177. The van der Waals surface area contributed by atoms with E-state index in [4.69, 9.17) is 14.2 Å². The molecule has 12 amide bonds. The normalized spacial score (nSPS) is 20.3. The first-order valence-electron chi connectivity index (χ1n) is 38.0.